The first-order valence-electron chi connectivity index (χ1n) is 7.01. The number of hydrogen-bond acceptors (Lipinski definition) is 3. The van der Waals surface area contributed by atoms with Crippen LogP contribution in [0.1, 0.15) is 37.3 Å². The molecule has 0 aromatic carbocycles. The van der Waals surface area contributed by atoms with Crippen LogP contribution < -0.4 is 0 Å². The highest BCUT2D eigenvalue weighted by Gasteiger charge is 2.35. The Kier molecular flexibility index (Phi) is 5.89. The molecular weight excluding hydrogens is 355 g/mol. The number of hydrogen-bond donors (Lipinski definition) is 0. The number of piperidine rings is 1. The summed E-state index contributed by atoms with van der Waals surface area (Å²) >= 11 is 4.14. The average Bonchev–Trinajstić information content (AvgIpc) is 2.83. The number of nitrogens with zero attached hydrogens (tertiary/aromatic N) is 2. The SMILES string of the molecule is CCI.CCN1CCC[C@H]2Cc3ncsc3C[C@@H]21. The van der Waals surface area contributed by atoms with Crippen LogP contribution in [0, 0.1) is 5.92 Å². The molecule has 1 saturated heterocycles. The lowest BCUT2D eigenvalue weighted by molar-refractivity contribution is 0.0911. The summed E-state index contributed by atoms with van der Waals surface area (Å²) in [5, 5.41) is 0. The van der Waals surface area contributed by atoms with Gasteiger partial charge in [-0.1, -0.05) is 36.4 Å². The molecule has 2 nitrogen and oxygen atoms in total. The fourth-order valence-corrected chi connectivity index (χ4v) is 4.05. The van der Waals surface area contributed by atoms with Crippen LogP contribution in [0.5, 0.6) is 0 Å². The molecule has 0 amide bonds. The molecule has 0 N–H and O–H groups in total. The van der Waals surface area contributed by atoms with Gasteiger partial charge in [0.2, 0.25) is 0 Å². The number of thiazole rings is 1. The zero-order valence-electron chi connectivity index (χ0n) is 11.4. The van der Waals surface area contributed by atoms with Crippen LogP contribution >= 0.6 is 33.9 Å². The molecule has 18 heavy (non-hydrogen) atoms. The smallest absolute Gasteiger partial charge is 0.0797 e. The maximum atomic E-state index is 4.50. The first kappa shape index (κ1) is 14.7. The summed E-state index contributed by atoms with van der Waals surface area (Å²) in [6.45, 7) is 6.94. The maximum absolute atomic E-state index is 4.50. The van der Waals surface area contributed by atoms with Gasteiger partial charge in [-0.15, -0.1) is 11.3 Å². The normalized spacial score (nSPS) is 26.8. The molecule has 1 fully saturated rings. The molecule has 3 rings (SSSR count). The average molecular weight is 378 g/mol. The Labute approximate surface area is 128 Å². The minimum atomic E-state index is 0.816. The molecule has 2 aliphatic rings. The minimum Gasteiger partial charge on any atom is -0.300 e. The van der Waals surface area contributed by atoms with E-state index in [4.69, 9.17) is 0 Å². The van der Waals surface area contributed by atoms with Gasteiger partial charge in [0.1, 0.15) is 0 Å². The van der Waals surface area contributed by atoms with Gasteiger partial charge in [-0.3, -0.25) is 0 Å². The summed E-state index contributed by atoms with van der Waals surface area (Å²) in [6.07, 6.45) is 5.30. The molecule has 1 aromatic heterocycles. The predicted octanol–water partition coefficient (Wildman–Crippen LogP) is 3.78. The second-order valence-electron chi connectivity index (χ2n) is 5.00. The third kappa shape index (κ3) is 3.25. The first-order valence-corrected chi connectivity index (χ1v) is 9.41. The zero-order valence-corrected chi connectivity index (χ0v) is 14.3. The van der Waals surface area contributed by atoms with Gasteiger partial charge in [-0.05, 0) is 49.1 Å². The van der Waals surface area contributed by atoms with Crippen LogP contribution in [-0.4, -0.2) is 33.4 Å². The molecule has 0 unspecified atom stereocenters. The van der Waals surface area contributed by atoms with Gasteiger partial charge in [0, 0.05) is 10.9 Å². The molecular formula is C14H23IN2S. The lowest BCUT2D eigenvalue weighted by Crippen LogP contribution is -2.48. The second kappa shape index (κ2) is 7.20. The van der Waals surface area contributed by atoms with Crippen molar-refractivity contribution in [1.82, 2.24) is 9.88 Å². The van der Waals surface area contributed by atoms with Gasteiger partial charge in [-0.25, -0.2) is 4.98 Å². The van der Waals surface area contributed by atoms with Crippen molar-refractivity contribution in [3.63, 3.8) is 0 Å². The van der Waals surface area contributed by atoms with Crippen molar-refractivity contribution >= 4 is 33.9 Å². The third-order valence-corrected chi connectivity index (χ3v) is 4.91. The van der Waals surface area contributed by atoms with Gasteiger partial charge in [0.25, 0.3) is 0 Å². The largest absolute Gasteiger partial charge is 0.300 e. The van der Waals surface area contributed by atoms with Crippen molar-refractivity contribution < 1.29 is 0 Å². The first-order chi connectivity index (χ1) is 8.80. The summed E-state index contributed by atoms with van der Waals surface area (Å²) in [6, 6.07) is 0.816. The highest BCUT2D eigenvalue weighted by molar-refractivity contribution is 14.1. The third-order valence-electron chi connectivity index (χ3n) is 4.02. The van der Waals surface area contributed by atoms with E-state index in [1.54, 1.807) is 4.88 Å². The number of likely N-dealkylation sites (N-methyl/N-ethyl adjacent to an activating group) is 1. The quantitative estimate of drug-likeness (QED) is 0.546. The van der Waals surface area contributed by atoms with Gasteiger partial charge >= 0.3 is 0 Å². The summed E-state index contributed by atoms with van der Waals surface area (Å²) < 4.78 is 1.22. The van der Waals surface area contributed by atoms with Crippen molar-refractivity contribution in [3.8, 4) is 0 Å². The number of rotatable bonds is 1. The Hall–Kier alpha value is 0.320. The lowest BCUT2D eigenvalue weighted by atomic mass is 9.79. The van der Waals surface area contributed by atoms with E-state index in [9.17, 15) is 0 Å². The number of halogens is 1. The minimum absolute atomic E-state index is 0.816. The Bertz CT molecular complexity index is 366. The molecule has 1 aliphatic heterocycles. The van der Waals surface area contributed by atoms with Crippen LogP contribution in [0.3, 0.4) is 0 Å². The van der Waals surface area contributed by atoms with E-state index in [-0.39, 0.29) is 0 Å². The van der Waals surface area contributed by atoms with Crippen molar-refractivity contribution in [2.75, 3.05) is 17.5 Å². The topological polar surface area (TPSA) is 16.1 Å². The Morgan fingerprint density at radius 2 is 2.22 bits per heavy atom. The van der Waals surface area contributed by atoms with Gasteiger partial charge in [0.15, 0.2) is 0 Å². The summed E-state index contributed by atoms with van der Waals surface area (Å²) in [7, 11) is 0. The second-order valence-corrected chi connectivity index (χ2v) is 7.46. The summed E-state index contributed by atoms with van der Waals surface area (Å²) in [5.74, 6) is 0.883. The molecule has 0 spiro atoms. The monoisotopic (exact) mass is 378 g/mol. The highest BCUT2D eigenvalue weighted by atomic mass is 127. The molecule has 2 atom stereocenters. The Morgan fingerprint density at radius 3 is 2.94 bits per heavy atom. The van der Waals surface area contributed by atoms with Crippen LogP contribution in [0.15, 0.2) is 5.51 Å². The zero-order chi connectivity index (χ0) is 13.0. The molecule has 0 saturated carbocycles. The summed E-state index contributed by atoms with van der Waals surface area (Å²) in [5.41, 5.74) is 3.43. The molecule has 0 bridgehead atoms. The number of likely N-dealkylation sites (tertiary alicyclic amines) is 1. The molecule has 1 aromatic rings. The van der Waals surface area contributed by atoms with E-state index in [2.05, 4.69) is 46.3 Å². The van der Waals surface area contributed by atoms with Gasteiger partial charge in [0.05, 0.1) is 11.2 Å². The standard InChI is InChI=1S/C12H18N2S.C2H5I/c1-2-14-5-3-4-9-6-10-12(7-11(9)14)15-8-13-10;1-2-3/h8-9,11H,2-7H2,1H3;2H2,1H3/t9-,11-;/m0./s1. The highest BCUT2D eigenvalue weighted by Crippen LogP contribution is 2.35. The van der Waals surface area contributed by atoms with Crippen LogP contribution in [0.25, 0.3) is 0 Å². The predicted molar refractivity (Wildman–Crippen MR) is 87.8 cm³/mol. The molecule has 4 heteroatoms. The van der Waals surface area contributed by atoms with E-state index in [1.807, 2.05) is 16.8 Å². The van der Waals surface area contributed by atoms with Crippen LogP contribution in [0.2, 0.25) is 0 Å². The molecule has 102 valence electrons. The number of aromatic nitrogens is 1. The van der Waals surface area contributed by atoms with E-state index >= 15 is 0 Å². The Morgan fingerprint density at radius 1 is 1.44 bits per heavy atom. The van der Waals surface area contributed by atoms with E-state index in [0.29, 0.717) is 0 Å². The lowest BCUT2D eigenvalue weighted by Gasteiger charge is -2.43. The van der Waals surface area contributed by atoms with Crippen molar-refractivity contribution in [1.29, 1.82) is 0 Å². The molecule has 1 aliphatic carbocycles. The van der Waals surface area contributed by atoms with Crippen LogP contribution in [-0.2, 0) is 12.8 Å². The van der Waals surface area contributed by atoms with E-state index < -0.39 is 0 Å². The van der Waals surface area contributed by atoms with Crippen molar-refractivity contribution in [2.45, 2.75) is 45.6 Å². The molecule has 2 heterocycles. The Balaban J connectivity index is 0.000000367. The number of fused-ring (bicyclic) bond motifs is 2. The van der Waals surface area contributed by atoms with Crippen molar-refractivity contribution in [2.24, 2.45) is 5.92 Å². The van der Waals surface area contributed by atoms with Gasteiger partial charge < -0.3 is 4.90 Å². The van der Waals surface area contributed by atoms with Gasteiger partial charge in [-0.2, -0.15) is 0 Å². The van der Waals surface area contributed by atoms with E-state index in [0.717, 1.165) is 12.0 Å². The fourth-order valence-electron chi connectivity index (χ4n) is 3.20. The summed E-state index contributed by atoms with van der Waals surface area (Å²) in [4.78, 5) is 8.73. The fraction of sp³-hybridized carbons (Fsp3) is 0.786. The van der Waals surface area contributed by atoms with Crippen LogP contribution in [0.4, 0.5) is 0 Å². The number of alkyl halides is 1. The maximum Gasteiger partial charge on any atom is 0.0797 e. The molecule has 0 radical (unpaired) electrons. The van der Waals surface area contributed by atoms with Crippen molar-refractivity contribution in [3.05, 3.63) is 16.1 Å². The van der Waals surface area contributed by atoms with E-state index in [1.165, 1.54) is 48.9 Å².